The van der Waals surface area contributed by atoms with Crippen molar-refractivity contribution in [2.24, 2.45) is 0 Å². The van der Waals surface area contributed by atoms with Crippen molar-refractivity contribution < 1.29 is 19.0 Å². The molecule has 0 N–H and O–H groups in total. The van der Waals surface area contributed by atoms with E-state index in [4.69, 9.17) is 19.5 Å². The molecule has 2 aliphatic heterocycles. The van der Waals surface area contributed by atoms with E-state index in [0.29, 0.717) is 37.7 Å². The van der Waals surface area contributed by atoms with Gasteiger partial charge in [-0.2, -0.15) is 5.26 Å². The van der Waals surface area contributed by atoms with Crippen LogP contribution in [-0.2, 0) is 9.47 Å². The van der Waals surface area contributed by atoms with Gasteiger partial charge in [0.05, 0.1) is 31.4 Å². The van der Waals surface area contributed by atoms with Crippen LogP contribution in [-0.4, -0.2) is 54.5 Å². The number of amides is 1. The van der Waals surface area contributed by atoms with Crippen molar-refractivity contribution in [2.45, 2.75) is 31.5 Å². The smallest absolute Gasteiger partial charge is 0.410 e. The minimum Gasteiger partial charge on any atom is -0.472 e. The summed E-state index contributed by atoms with van der Waals surface area (Å²) in [5.41, 5.74) is 0.504. The Morgan fingerprint density at radius 2 is 2.17 bits per heavy atom. The van der Waals surface area contributed by atoms with Crippen molar-refractivity contribution >= 4 is 6.09 Å². The van der Waals surface area contributed by atoms with E-state index in [1.807, 2.05) is 6.07 Å². The number of pyridine rings is 1. The second-order valence-corrected chi connectivity index (χ2v) is 5.66. The number of nitrogens with zero attached hydrogens (tertiary/aromatic N) is 3. The van der Waals surface area contributed by atoms with Crippen LogP contribution in [0.25, 0.3) is 0 Å². The van der Waals surface area contributed by atoms with Crippen molar-refractivity contribution in [3.05, 3.63) is 23.9 Å². The number of ether oxygens (including phenoxy) is 3. The third-order valence-electron chi connectivity index (χ3n) is 3.99. The first kappa shape index (κ1) is 15.6. The summed E-state index contributed by atoms with van der Waals surface area (Å²) in [5.74, 6) is 0.411. The van der Waals surface area contributed by atoms with Gasteiger partial charge in [-0.15, -0.1) is 0 Å². The van der Waals surface area contributed by atoms with Gasteiger partial charge in [0, 0.05) is 38.1 Å². The highest BCUT2D eigenvalue weighted by molar-refractivity contribution is 5.68. The van der Waals surface area contributed by atoms with Crippen LogP contribution in [0.1, 0.15) is 24.8 Å². The SMILES string of the molecule is N#Cc1ccnc(OC2CCN(C(=O)OC3CCOCC3)C2)c1. The number of hydrogen-bond donors (Lipinski definition) is 0. The second-order valence-electron chi connectivity index (χ2n) is 5.66. The van der Waals surface area contributed by atoms with Crippen molar-refractivity contribution in [1.82, 2.24) is 9.88 Å². The Balaban J connectivity index is 1.49. The molecular weight excluding hydrogens is 298 g/mol. The topological polar surface area (TPSA) is 84.7 Å². The number of likely N-dealkylation sites (tertiary alicyclic amines) is 1. The first-order valence-corrected chi connectivity index (χ1v) is 7.80. The van der Waals surface area contributed by atoms with Gasteiger partial charge in [0.1, 0.15) is 12.2 Å². The molecule has 0 saturated carbocycles. The first-order chi connectivity index (χ1) is 11.2. The number of hydrogen-bond acceptors (Lipinski definition) is 6. The standard InChI is InChI=1S/C16H19N3O4/c17-10-12-1-5-18-15(9-12)22-14-2-6-19(11-14)16(20)23-13-3-7-21-8-4-13/h1,5,9,13-14H,2-4,6-8,11H2. The Kier molecular flexibility index (Phi) is 4.93. The maximum Gasteiger partial charge on any atom is 0.410 e. The number of carbonyl (C=O) groups excluding carboxylic acids is 1. The molecule has 0 bridgehead atoms. The summed E-state index contributed by atoms with van der Waals surface area (Å²) in [7, 11) is 0. The zero-order valence-corrected chi connectivity index (χ0v) is 12.8. The molecule has 122 valence electrons. The molecule has 23 heavy (non-hydrogen) atoms. The molecule has 1 aromatic heterocycles. The Morgan fingerprint density at radius 3 is 2.96 bits per heavy atom. The van der Waals surface area contributed by atoms with Crippen LogP contribution < -0.4 is 4.74 Å². The maximum atomic E-state index is 12.2. The first-order valence-electron chi connectivity index (χ1n) is 7.80. The largest absolute Gasteiger partial charge is 0.472 e. The van der Waals surface area contributed by atoms with Gasteiger partial charge in [-0.3, -0.25) is 0 Å². The fraction of sp³-hybridized carbons (Fsp3) is 0.562. The van der Waals surface area contributed by atoms with Crippen molar-refractivity contribution in [3.8, 4) is 11.9 Å². The van der Waals surface area contributed by atoms with E-state index in [-0.39, 0.29) is 18.3 Å². The van der Waals surface area contributed by atoms with Gasteiger partial charge in [-0.25, -0.2) is 9.78 Å². The summed E-state index contributed by atoms with van der Waals surface area (Å²) in [6.45, 7) is 2.36. The third-order valence-corrected chi connectivity index (χ3v) is 3.99. The van der Waals surface area contributed by atoms with E-state index >= 15 is 0 Å². The zero-order valence-electron chi connectivity index (χ0n) is 12.8. The van der Waals surface area contributed by atoms with E-state index < -0.39 is 0 Å². The van der Waals surface area contributed by atoms with Gasteiger partial charge in [-0.1, -0.05) is 0 Å². The number of aromatic nitrogens is 1. The number of carbonyl (C=O) groups is 1. The van der Waals surface area contributed by atoms with Crippen molar-refractivity contribution in [3.63, 3.8) is 0 Å². The van der Waals surface area contributed by atoms with Crippen LogP contribution in [0.3, 0.4) is 0 Å². The molecule has 1 amide bonds. The molecule has 0 aromatic carbocycles. The van der Waals surface area contributed by atoms with E-state index in [9.17, 15) is 4.79 Å². The van der Waals surface area contributed by atoms with Gasteiger partial charge in [0.25, 0.3) is 0 Å². The van der Waals surface area contributed by atoms with Crippen LogP contribution in [0.4, 0.5) is 4.79 Å². The van der Waals surface area contributed by atoms with Crippen LogP contribution >= 0.6 is 0 Å². The second kappa shape index (κ2) is 7.29. The molecule has 0 aliphatic carbocycles. The van der Waals surface area contributed by atoms with Crippen LogP contribution in [0.15, 0.2) is 18.3 Å². The lowest BCUT2D eigenvalue weighted by Gasteiger charge is -2.25. The molecule has 7 heteroatoms. The molecule has 7 nitrogen and oxygen atoms in total. The summed E-state index contributed by atoms with van der Waals surface area (Å²) in [6.07, 6.45) is 3.31. The molecular formula is C16H19N3O4. The van der Waals surface area contributed by atoms with Crippen LogP contribution in [0.5, 0.6) is 5.88 Å². The van der Waals surface area contributed by atoms with Crippen LogP contribution in [0, 0.1) is 11.3 Å². The summed E-state index contributed by atoms with van der Waals surface area (Å²) in [4.78, 5) is 17.9. The molecule has 3 rings (SSSR count). The highest BCUT2D eigenvalue weighted by Crippen LogP contribution is 2.19. The van der Waals surface area contributed by atoms with Gasteiger partial charge in [-0.05, 0) is 6.07 Å². The Hall–Kier alpha value is -2.33. The molecule has 2 fully saturated rings. The zero-order chi connectivity index (χ0) is 16.1. The summed E-state index contributed by atoms with van der Waals surface area (Å²) >= 11 is 0. The predicted octanol–water partition coefficient (Wildman–Crippen LogP) is 1.72. The van der Waals surface area contributed by atoms with Gasteiger partial charge in [0.15, 0.2) is 0 Å². The average molecular weight is 317 g/mol. The van der Waals surface area contributed by atoms with E-state index in [1.54, 1.807) is 23.2 Å². The molecule has 3 heterocycles. The van der Waals surface area contributed by atoms with Gasteiger partial charge >= 0.3 is 6.09 Å². The predicted molar refractivity (Wildman–Crippen MR) is 79.9 cm³/mol. The number of rotatable bonds is 3. The molecule has 0 radical (unpaired) electrons. The highest BCUT2D eigenvalue weighted by Gasteiger charge is 2.30. The van der Waals surface area contributed by atoms with Crippen molar-refractivity contribution in [2.75, 3.05) is 26.3 Å². The Labute approximate surface area is 134 Å². The summed E-state index contributed by atoms with van der Waals surface area (Å²) in [6, 6.07) is 5.27. The number of nitriles is 1. The lowest BCUT2D eigenvalue weighted by Crippen LogP contribution is -2.36. The highest BCUT2D eigenvalue weighted by atomic mass is 16.6. The molecule has 1 atom stereocenters. The monoisotopic (exact) mass is 317 g/mol. The molecule has 0 spiro atoms. The fourth-order valence-corrected chi connectivity index (χ4v) is 2.72. The Morgan fingerprint density at radius 1 is 1.35 bits per heavy atom. The van der Waals surface area contributed by atoms with Crippen LogP contribution in [0.2, 0.25) is 0 Å². The van der Waals surface area contributed by atoms with E-state index in [2.05, 4.69) is 4.98 Å². The van der Waals surface area contributed by atoms with Gasteiger partial charge < -0.3 is 19.1 Å². The molecule has 1 aromatic rings. The molecule has 2 saturated heterocycles. The summed E-state index contributed by atoms with van der Waals surface area (Å²) < 4.78 is 16.5. The fourth-order valence-electron chi connectivity index (χ4n) is 2.72. The Bertz CT molecular complexity index is 595. The lowest BCUT2D eigenvalue weighted by atomic mass is 10.2. The average Bonchev–Trinajstić information content (AvgIpc) is 3.04. The van der Waals surface area contributed by atoms with Gasteiger partial charge in [0.2, 0.25) is 5.88 Å². The van der Waals surface area contributed by atoms with E-state index in [0.717, 1.165) is 19.3 Å². The van der Waals surface area contributed by atoms with Crippen molar-refractivity contribution in [1.29, 1.82) is 5.26 Å². The van der Waals surface area contributed by atoms with E-state index in [1.165, 1.54) is 0 Å². The maximum absolute atomic E-state index is 12.2. The minimum absolute atomic E-state index is 0.0507. The normalized spacial score (nSPS) is 21.7. The summed E-state index contributed by atoms with van der Waals surface area (Å²) in [5, 5.41) is 8.88. The lowest BCUT2D eigenvalue weighted by molar-refractivity contribution is -0.00898. The molecule has 2 aliphatic rings. The quantitative estimate of drug-likeness (QED) is 0.844. The minimum atomic E-state index is -0.290. The third kappa shape index (κ3) is 4.11. The molecule has 1 unspecified atom stereocenters.